The third-order valence-electron chi connectivity index (χ3n) is 13.6. The Morgan fingerprint density at radius 2 is 0.802 bits per heavy atom. The number of carbonyl (C=O) groups is 10. The van der Waals surface area contributed by atoms with E-state index >= 15 is 0 Å². The highest BCUT2D eigenvalue weighted by atomic mass is 32.2. The first-order chi connectivity index (χ1) is 41.3. The summed E-state index contributed by atoms with van der Waals surface area (Å²) < 4.78 is 53.8. The zero-order valence-electron chi connectivity index (χ0n) is 47.4. The summed E-state index contributed by atoms with van der Waals surface area (Å²) in [6.45, 7) is 9.45. The molecule has 0 amide bonds. The average molecular weight is 1220 g/mol. The highest BCUT2D eigenvalue weighted by Gasteiger charge is 2.37. The van der Waals surface area contributed by atoms with Gasteiger partial charge in [0.1, 0.15) is 66.1 Å². The summed E-state index contributed by atoms with van der Waals surface area (Å²) in [7, 11) is 0. The quantitative estimate of drug-likeness (QED) is 0.0215. The van der Waals surface area contributed by atoms with Crippen molar-refractivity contribution >= 4 is 83.2 Å². The average Bonchev–Trinajstić information content (AvgIpc) is 2.28. The molecule has 22 nitrogen and oxygen atoms in total. The first-order valence-electron chi connectivity index (χ1n) is 27.7. The van der Waals surface area contributed by atoms with Gasteiger partial charge in [-0.05, 0) is 113 Å². The van der Waals surface area contributed by atoms with Gasteiger partial charge in [0.2, 0.25) is 0 Å². The molecule has 2 atom stereocenters. The summed E-state index contributed by atoms with van der Waals surface area (Å²) >= 11 is 2.09. The van der Waals surface area contributed by atoms with Crippen LogP contribution in [0.1, 0.15) is 102 Å². The van der Waals surface area contributed by atoms with Gasteiger partial charge in [0.05, 0.1) is 76.6 Å². The van der Waals surface area contributed by atoms with E-state index in [0.29, 0.717) is 89.7 Å². The van der Waals surface area contributed by atoms with Gasteiger partial charge < -0.3 is 47.4 Å². The normalized spacial score (nSPS) is 17.4. The standard InChI is InChI=1S/C62H64N2O20S2/c1-5-50(65)79-37(3)35-77-54(69)27-25-52(67)75-31-29-39-7-19-46(20-8-39)81-58(71)41-11-15-43(16-12-41)60(73)83-48-23-24-49(57-56(48)85-62(86-57)45(33-63)34-64)84-61(74)44-17-13-42(14-18-44)59(72)82-47-21-9-40(10-22-47)30-32-76-53(68)26-28-55(70)78-36-38(4)80-51(66)6-2/h5-10,19-24,37-38,41-44H,1-2,11-18,25-32,35-36H2,3-4H3/t37?,38?,41-,42-,43-,44-. The number of hydrogen-bond acceptors (Lipinski definition) is 24. The van der Waals surface area contributed by atoms with Gasteiger partial charge in [0, 0.05) is 25.0 Å². The van der Waals surface area contributed by atoms with E-state index in [1.165, 1.54) is 12.1 Å². The topological polar surface area (TPSA) is 311 Å². The number of fused-ring (bicyclic) bond motifs is 1. The van der Waals surface area contributed by atoms with Crippen molar-refractivity contribution < 1.29 is 95.3 Å². The van der Waals surface area contributed by atoms with Crippen molar-refractivity contribution in [3.05, 3.63) is 107 Å². The van der Waals surface area contributed by atoms with E-state index in [2.05, 4.69) is 13.2 Å². The lowest BCUT2D eigenvalue weighted by molar-refractivity contribution is -0.156. The number of ether oxygens (including phenoxy) is 10. The van der Waals surface area contributed by atoms with Gasteiger partial charge in [-0.3, -0.25) is 38.4 Å². The monoisotopic (exact) mass is 1220 g/mol. The molecule has 454 valence electrons. The highest BCUT2D eigenvalue weighted by molar-refractivity contribution is 8.24. The van der Waals surface area contributed by atoms with Crippen LogP contribution in [0.25, 0.3) is 0 Å². The summed E-state index contributed by atoms with van der Waals surface area (Å²) in [6, 6.07) is 20.2. The van der Waals surface area contributed by atoms with Gasteiger partial charge >= 0.3 is 59.7 Å². The largest absolute Gasteiger partial charge is 0.465 e. The van der Waals surface area contributed by atoms with Gasteiger partial charge in [-0.2, -0.15) is 10.5 Å². The molecule has 0 N–H and O–H groups in total. The molecule has 2 saturated carbocycles. The van der Waals surface area contributed by atoms with Crippen molar-refractivity contribution in [2.75, 3.05) is 26.4 Å². The van der Waals surface area contributed by atoms with Crippen LogP contribution in [0.2, 0.25) is 0 Å². The van der Waals surface area contributed by atoms with Gasteiger partial charge in [0.25, 0.3) is 0 Å². The fourth-order valence-corrected chi connectivity index (χ4v) is 11.4. The number of nitriles is 2. The molecule has 0 radical (unpaired) electrons. The predicted octanol–water partition coefficient (Wildman–Crippen LogP) is 8.83. The SMILES string of the molecule is C=CC(=O)OC(C)COC(=O)CCC(=O)OCCc1ccc(OC(=O)[C@H]2CC[C@H](C(=O)Oc3ccc(OC(=O)[C@H]4CC[C@H](C(=O)Oc5ccc(CCOC(=O)CCC(=O)OCC(C)OC(=O)C=C)cc5)CC4)c4c3SC(=C(C#N)C#N)S4)CC2)cc1. The van der Waals surface area contributed by atoms with Crippen LogP contribution in [0.5, 0.6) is 23.0 Å². The Bertz CT molecular complexity index is 2920. The molecule has 0 spiro atoms. The lowest BCUT2D eigenvalue weighted by Gasteiger charge is -2.26. The fraction of sp³-hybridized carbons (Fsp3) is 0.419. The number of esters is 10. The van der Waals surface area contributed by atoms with E-state index in [1.54, 1.807) is 62.4 Å². The lowest BCUT2D eigenvalue weighted by atomic mass is 9.82. The van der Waals surface area contributed by atoms with Gasteiger partial charge in [-0.1, -0.05) is 60.9 Å². The van der Waals surface area contributed by atoms with E-state index < -0.39 is 95.6 Å². The minimum absolute atomic E-state index is 0.0482. The number of thioether (sulfide) groups is 2. The van der Waals surface area contributed by atoms with Gasteiger partial charge in [0.15, 0.2) is 0 Å². The van der Waals surface area contributed by atoms with Crippen molar-refractivity contribution in [1.29, 1.82) is 10.5 Å². The van der Waals surface area contributed by atoms with Crippen LogP contribution >= 0.6 is 23.5 Å². The highest BCUT2D eigenvalue weighted by Crippen LogP contribution is 2.59. The maximum Gasteiger partial charge on any atom is 0.330 e. The number of carbonyl (C=O) groups excluding carboxylic acids is 10. The fourth-order valence-electron chi connectivity index (χ4n) is 8.91. The van der Waals surface area contributed by atoms with Crippen molar-refractivity contribution in [2.24, 2.45) is 23.7 Å². The third-order valence-corrected chi connectivity index (χ3v) is 16.3. The number of benzene rings is 3. The van der Waals surface area contributed by atoms with Crippen molar-refractivity contribution in [1.82, 2.24) is 0 Å². The van der Waals surface area contributed by atoms with Gasteiger partial charge in [-0.15, -0.1) is 0 Å². The summed E-state index contributed by atoms with van der Waals surface area (Å²) in [5, 5.41) is 19.4. The Hall–Kier alpha value is -8.74. The summed E-state index contributed by atoms with van der Waals surface area (Å²) in [5.41, 5.74) is 1.43. The number of rotatable bonds is 28. The zero-order valence-corrected chi connectivity index (χ0v) is 49.0. The maximum atomic E-state index is 13.7. The molecule has 0 saturated heterocycles. The molecule has 0 bridgehead atoms. The molecule has 86 heavy (non-hydrogen) atoms. The maximum absolute atomic E-state index is 13.7. The molecular formula is C62H64N2O20S2. The minimum Gasteiger partial charge on any atom is -0.465 e. The summed E-state index contributed by atoms with van der Waals surface area (Å²) in [4.78, 5) is 125. The molecule has 3 aliphatic rings. The minimum atomic E-state index is -0.674. The molecule has 3 aromatic rings. The molecular weight excluding hydrogens is 1160 g/mol. The molecule has 1 aliphatic heterocycles. The Labute approximate surface area is 504 Å². The van der Waals surface area contributed by atoms with E-state index in [9.17, 15) is 58.5 Å². The number of allylic oxidation sites excluding steroid dienone is 1. The molecule has 2 aliphatic carbocycles. The summed E-state index contributed by atoms with van der Waals surface area (Å²) in [5.74, 6) is -6.86. The zero-order chi connectivity index (χ0) is 62.1. The Morgan fingerprint density at radius 3 is 1.12 bits per heavy atom. The summed E-state index contributed by atoms with van der Waals surface area (Å²) in [6.07, 6.45) is 3.35. The third kappa shape index (κ3) is 21.1. The van der Waals surface area contributed by atoms with E-state index in [0.717, 1.165) is 46.8 Å². The van der Waals surface area contributed by atoms with Crippen LogP contribution in [0, 0.1) is 46.3 Å². The molecule has 0 aromatic heterocycles. The number of nitrogens with zero attached hydrogens (tertiary/aromatic N) is 2. The second-order valence-corrected chi connectivity index (χ2v) is 22.4. The molecule has 24 heteroatoms. The number of hydrogen-bond donors (Lipinski definition) is 0. The van der Waals surface area contributed by atoms with E-state index in [4.69, 9.17) is 47.4 Å². The molecule has 3 aromatic carbocycles. The second-order valence-electron chi connectivity index (χ2n) is 20.1. The van der Waals surface area contributed by atoms with Crippen molar-refractivity contribution in [3.8, 4) is 35.1 Å². The van der Waals surface area contributed by atoms with Crippen LogP contribution in [-0.4, -0.2) is 98.3 Å². The van der Waals surface area contributed by atoms with Crippen LogP contribution in [-0.2, 0) is 89.2 Å². The van der Waals surface area contributed by atoms with E-state index in [1.807, 2.05) is 12.1 Å². The molecule has 6 rings (SSSR count). The first kappa shape index (κ1) is 66.4. The van der Waals surface area contributed by atoms with Crippen molar-refractivity contribution in [3.63, 3.8) is 0 Å². The van der Waals surface area contributed by atoms with Crippen LogP contribution in [0.3, 0.4) is 0 Å². The smallest absolute Gasteiger partial charge is 0.330 e. The Morgan fingerprint density at radius 1 is 0.488 bits per heavy atom. The molecule has 1 heterocycles. The Kier molecular flexibility index (Phi) is 26.0. The predicted molar refractivity (Wildman–Crippen MR) is 304 cm³/mol. The van der Waals surface area contributed by atoms with Crippen LogP contribution in [0.4, 0.5) is 0 Å². The molecule has 2 unspecified atom stereocenters. The molecule has 2 fully saturated rings. The first-order valence-corrected chi connectivity index (χ1v) is 29.4. The second kappa shape index (κ2) is 33.7. The van der Waals surface area contributed by atoms with Crippen LogP contribution in [0.15, 0.2) is 106 Å². The van der Waals surface area contributed by atoms with Crippen LogP contribution < -0.4 is 18.9 Å². The Balaban J connectivity index is 0.899. The van der Waals surface area contributed by atoms with Crippen molar-refractivity contribution in [2.45, 2.75) is 126 Å². The van der Waals surface area contributed by atoms with E-state index in [-0.39, 0.29) is 69.2 Å². The lowest BCUT2D eigenvalue weighted by Crippen LogP contribution is -2.30. The van der Waals surface area contributed by atoms with Gasteiger partial charge in [-0.25, -0.2) is 9.59 Å².